The van der Waals surface area contributed by atoms with Gasteiger partial charge in [0.1, 0.15) is 12.3 Å². The highest BCUT2D eigenvalue weighted by atomic mass is 79.9. The Morgan fingerprint density at radius 2 is 1.88 bits per heavy atom. The summed E-state index contributed by atoms with van der Waals surface area (Å²) in [6.45, 7) is 2.29. The van der Waals surface area contributed by atoms with Gasteiger partial charge in [-0.3, -0.25) is 14.5 Å². The van der Waals surface area contributed by atoms with Crippen LogP contribution in [0.4, 0.5) is 5.69 Å². The fourth-order valence-electron chi connectivity index (χ4n) is 3.45. The summed E-state index contributed by atoms with van der Waals surface area (Å²) in [5.41, 5.74) is 3.47. The predicted octanol–water partition coefficient (Wildman–Crippen LogP) is 4.85. The van der Waals surface area contributed by atoms with Crippen LogP contribution in [0, 0.1) is 6.92 Å². The van der Waals surface area contributed by atoms with Crippen molar-refractivity contribution >= 4 is 39.5 Å². The zero-order valence-corrected chi connectivity index (χ0v) is 19.9. The van der Waals surface area contributed by atoms with E-state index < -0.39 is 0 Å². The van der Waals surface area contributed by atoms with E-state index in [2.05, 4.69) is 21.2 Å². The predicted molar refractivity (Wildman–Crippen MR) is 131 cm³/mol. The van der Waals surface area contributed by atoms with Crippen LogP contribution in [0.3, 0.4) is 0 Å². The molecule has 1 heterocycles. The van der Waals surface area contributed by atoms with Crippen LogP contribution in [0.5, 0.6) is 11.5 Å². The Morgan fingerprint density at radius 1 is 1.12 bits per heavy atom. The first-order chi connectivity index (χ1) is 15.9. The number of aryl methyl sites for hydroxylation is 1. The summed E-state index contributed by atoms with van der Waals surface area (Å²) in [6, 6.07) is 20.6. The van der Waals surface area contributed by atoms with E-state index in [0.717, 1.165) is 21.2 Å². The molecule has 0 saturated carbocycles. The van der Waals surface area contributed by atoms with Crippen LogP contribution in [-0.2, 0) is 16.1 Å². The van der Waals surface area contributed by atoms with E-state index in [-0.39, 0.29) is 24.1 Å². The SMILES string of the molecule is COc1ccc(C=C2Oc3ccccc3N(CC(=O)NCc3ccc(C)cc3)C2=O)cc1Br. The zero-order valence-electron chi connectivity index (χ0n) is 18.3. The Labute approximate surface area is 200 Å². The number of nitrogens with zero attached hydrogens (tertiary/aromatic N) is 1. The molecule has 0 unspecified atom stereocenters. The number of benzene rings is 3. The summed E-state index contributed by atoms with van der Waals surface area (Å²) >= 11 is 3.45. The molecule has 7 heteroatoms. The van der Waals surface area contributed by atoms with Gasteiger partial charge in [0.05, 0.1) is 17.3 Å². The number of amides is 2. The van der Waals surface area contributed by atoms with Gasteiger partial charge in [-0.05, 0) is 64.3 Å². The molecule has 168 valence electrons. The minimum Gasteiger partial charge on any atom is -0.496 e. The van der Waals surface area contributed by atoms with E-state index in [1.165, 1.54) is 4.90 Å². The molecule has 0 atom stereocenters. The summed E-state index contributed by atoms with van der Waals surface area (Å²) < 4.78 is 11.9. The fourth-order valence-corrected chi connectivity index (χ4v) is 4.01. The van der Waals surface area contributed by atoms with Gasteiger partial charge in [-0.15, -0.1) is 0 Å². The van der Waals surface area contributed by atoms with Gasteiger partial charge < -0.3 is 14.8 Å². The quantitative estimate of drug-likeness (QED) is 0.485. The molecule has 1 N–H and O–H groups in total. The number of carbonyl (C=O) groups excluding carboxylic acids is 2. The van der Waals surface area contributed by atoms with Gasteiger partial charge in [-0.1, -0.05) is 48.0 Å². The number of anilines is 1. The molecule has 0 aromatic heterocycles. The fraction of sp³-hybridized carbons (Fsp3) is 0.154. The Morgan fingerprint density at radius 3 is 2.61 bits per heavy atom. The van der Waals surface area contributed by atoms with Crippen molar-refractivity contribution in [1.82, 2.24) is 5.32 Å². The lowest BCUT2D eigenvalue weighted by molar-refractivity contribution is -0.123. The first kappa shape index (κ1) is 22.6. The number of fused-ring (bicyclic) bond motifs is 1. The molecular formula is C26H23BrN2O4. The Hall–Kier alpha value is -3.58. The van der Waals surface area contributed by atoms with Crippen molar-refractivity contribution in [1.29, 1.82) is 0 Å². The lowest BCUT2D eigenvalue weighted by Crippen LogP contribution is -2.44. The molecule has 4 rings (SSSR count). The monoisotopic (exact) mass is 506 g/mol. The number of para-hydroxylation sites is 2. The van der Waals surface area contributed by atoms with E-state index >= 15 is 0 Å². The van der Waals surface area contributed by atoms with Crippen molar-refractivity contribution in [3.63, 3.8) is 0 Å². The summed E-state index contributed by atoms with van der Waals surface area (Å²) in [4.78, 5) is 27.4. The summed E-state index contributed by atoms with van der Waals surface area (Å²) in [7, 11) is 1.59. The van der Waals surface area contributed by atoms with Crippen LogP contribution in [0.25, 0.3) is 6.08 Å². The number of methoxy groups -OCH3 is 1. The van der Waals surface area contributed by atoms with Gasteiger partial charge in [-0.25, -0.2) is 0 Å². The third kappa shape index (κ3) is 5.26. The molecule has 33 heavy (non-hydrogen) atoms. The number of hydrogen-bond acceptors (Lipinski definition) is 4. The van der Waals surface area contributed by atoms with Gasteiger partial charge in [0.15, 0.2) is 11.5 Å². The van der Waals surface area contributed by atoms with Crippen molar-refractivity contribution < 1.29 is 19.1 Å². The second-order valence-corrected chi connectivity index (χ2v) is 8.48. The second kappa shape index (κ2) is 9.92. The molecule has 3 aromatic rings. The van der Waals surface area contributed by atoms with Gasteiger partial charge in [0.2, 0.25) is 5.91 Å². The standard InChI is InChI=1S/C26H23BrN2O4/c1-17-7-9-18(10-8-17)15-28-25(30)16-29-21-5-3-4-6-23(21)33-24(26(29)31)14-19-11-12-22(32-2)20(27)13-19/h3-14H,15-16H2,1-2H3,(H,28,30). The molecule has 0 saturated heterocycles. The first-order valence-corrected chi connectivity index (χ1v) is 11.2. The Kier molecular flexibility index (Phi) is 6.79. The molecule has 3 aromatic carbocycles. The molecule has 0 radical (unpaired) electrons. The van der Waals surface area contributed by atoms with Gasteiger partial charge in [-0.2, -0.15) is 0 Å². The highest BCUT2D eigenvalue weighted by Gasteiger charge is 2.31. The largest absolute Gasteiger partial charge is 0.496 e. The highest BCUT2D eigenvalue weighted by molar-refractivity contribution is 9.10. The van der Waals surface area contributed by atoms with E-state index in [4.69, 9.17) is 9.47 Å². The maximum atomic E-state index is 13.3. The van der Waals surface area contributed by atoms with Crippen molar-refractivity contribution in [3.05, 3.63) is 93.7 Å². The first-order valence-electron chi connectivity index (χ1n) is 10.4. The van der Waals surface area contributed by atoms with Crippen LogP contribution in [0.1, 0.15) is 16.7 Å². The topological polar surface area (TPSA) is 67.9 Å². The molecule has 2 amide bonds. The van der Waals surface area contributed by atoms with Gasteiger partial charge in [0, 0.05) is 6.54 Å². The lowest BCUT2D eigenvalue weighted by atomic mass is 10.1. The van der Waals surface area contributed by atoms with Gasteiger partial charge in [0.25, 0.3) is 5.91 Å². The second-order valence-electron chi connectivity index (χ2n) is 7.63. The molecule has 0 fully saturated rings. The minimum atomic E-state index is -0.383. The molecule has 0 aliphatic carbocycles. The molecule has 1 aliphatic rings. The number of ether oxygens (including phenoxy) is 2. The number of nitrogens with one attached hydrogen (secondary N) is 1. The molecule has 1 aliphatic heterocycles. The maximum Gasteiger partial charge on any atom is 0.294 e. The number of carbonyl (C=O) groups is 2. The van der Waals surface area contributed by atoms with Gasteiger partial charge >= 0.3 is 0 Å². The van der Waals surface area contributed by atoms with Crippen LogP contribution in [0.2, 0.25) is 0 Å². The van der Waals surface area contributed by atoms with Crippen molar-refractivity contribution in [2.45, 2.75) is 13.5 Å². The van der Waals surface area contributed by atoms with E-state index in [9.17, 15) is 9.59 Å². The highest BCUT2D eigenvalue weighted by Crippen LogP contribution is 2.36. The average molecular weight is 507 g/mol. The van der Waals surface area contributed by atoms with Crippen molar-refractivity contribution in [2.24, 2.45) is 0 Å². The zero-order chi connectivity index (χ0) is 23.4. The normalized spacial score (nSPS) is 14.0. The molecule has 0 bridgehead atoms. The van der Waals surface area contributed by atoms with Crippen LogP contribution >= 0.6 is 15.9 Å². The third-order valence-electron chi connectivity index (χ3n) is 5.22. The number of hydrogen-bond donors (Lipinski definition) is 1. The van der Waals surface area contributed by atoms with Crippen molar-refractivity contribution in [2.75, 3.05) is 18.6 Å². The van der Waals surface area contributed by atoms with Crippen LogP contribution < -0.4 is 19.7 Å². The Bertz CT molecular complexity index is 1220. The number of halogens is 1. The minimum absolute atomic E-state index is 0.116. The Balaban J connectivity index is 1.55. The lowest BCUT2D eigenvalue weighted by Gasteiger charge is -2.30. The van der Waals surface area contributed by atoms with Crippen molar-refractivity contribution in [3.8, 4) is 11.5 Å². The van der Waals surface area contributed by atoms with E-state index in [1.54, 1.807) is 31.4 Å². The number of rotatable bonds is 6. The molecule has 6 nitrogen and oxygen atoms in total. The van der Waals surface area contributed by atoms with Crippen LogP contribution in [0.15, 0.2) is 77.0 Å². The third-order valence-corrected chi connectivity index (χ3v) is 5.84. The summed E-state index contributed by atoms with van der Waals surface area (Å²) in [5.74, 6) is 0.697. The summed E-state index contributed by atoms with van der Waals surface area (Å²) in [6.07, 6.45) is 1.65. The smallest absolute Gasteiger partial charge is 0.294 e. The molecule has 0 spiro atoms. The van der Waals surface area contributed by atoms with E-state index in [0.29, 0.717) is 23.7 Å². The van der Waals surface area contributed by atoms with Crippen LogP contribution in [-0.4, -0.2) is 25.5 Å². The average Bonchev–Trinajstić information content (AvgIpc) is 2.81. The maximum absolute atomic E-state index is 13.3. The summed E-state index contributed by atoms with van der Waals surface area (Å²) in [5, 5.41) is 2.89. The molecular weight excluding hydrogens is 484 g/mol. The van der Waals surface area contributed by atoms with E-state index in [1.807, 2.05) is 55.5 Å².